The summed E-state index contributed by atoms with van der Waals surface area (Å²) < 4.78 is 28.5. The van der Waals surface area contributed by atoms with E-state index in [1.165, 1.54) is 6.42 Å². The molecule has 0 spiro atoms. The summed E-state index contributed by atoms with van der Waals surface area (Å²) in [5, 5.41) is 30.2. The molecule has 380 valence electrons. The van der Waals surface area contributed by atoms with Gasteiger partial charge in [-0.25, -0.2) is 0 Å². The number of fused-ring (bicyclic) bond motifs is 4. The Labute approximate surface area is 425 Å². The van der Waals surface area contributed by atoms with Crippen LogP contribution in [0.25, 0.3) is 32.5 Å². The molecule has 1 aliphatic heterocycles. The van der Waals surface area contributed by atoms with Crippen LogP contribution in [0.5, 0.6) is 23.0 Å². The van der Waals surface area contributed by atoms with Crippen molar-refractivity contribution in [1.29, 1.82) is 0 Å². The van der Waals surface area contributed by atoms with Gasteiger partial charge >= 0.3 is 11.9 Å². The van der Waals surface area contributed by atoms with E-state index in [0.29, 0.717) is 36.2 Å². The maximum atomic E-state index is 12.4. The standard InChI is InChI=1S/C30H33NO6.C30H31NO5/c1-4-6-23(5-2)31-29(32)18-37-24-10-9-20-7-8-21(14-22(20)15-24)26(17-30(33)34)25-16-28-27(13-19(25)3)35-11-12-36-28;1-19-13-28-22(11-12-35-28)16-26(19)27(17-30(33)34)21-8-7-20-9-10-25(15-23(20)14-21)36-18-29(32)31-24-5-3-2-4-6-24/h4,6-10,13-16,23,26H,5,11-12,17-18H2,1-3H3,(H,31,32)(H,33,34);7-16,24,27H,2-6,17-18H2,1H3,(H,31,32)(H,33,34)/b6-4-;. The monoisotopic (exact) mass is 988 g/mol. The molecular formula is C60H64N2O11. The average Bonchev–Trinajstić information content (AvgIpc) is 3.85. The highest BCUT2D eigenvalue weighted by atomic mass is 16.6. The lowest BCUT2D eigenvalue weighted by atomic mass is 9.84. The van der Waals surface area contributed by atoms with Crippen LogP contribution in [0.3, 0.4) is 0 Å². The quantitative estimate of drug-likeness (QED) is 0.0600. The van der Waals surface area contributed by atoms with E-state index in [9.17, 15) is 29.4 Å². The van der Waals surface area contributed by atoms with Crippen molar-refractivity contribution in [3.63, 3.8) is 0 Å². The van der Waals surface area contributed by atoms with Crippen molar-refractivity contribution < 1.29 is 52.8 Å². The van der Waals surface area contributed by atoms with Crippen LogP contribution in [-0.2, 0) is 19.2 Å². The van der Waals surface area contributed by atoms with Gasteiger partial charge < -0.3 is 44.2 Å². The number of hydrogen-bond donors (Lipinski definition) is 4. The van der Waals surface area contributed by atoms with E-state index < -0.39 is 11.9 Å². The van der Waals surface area contributed by atoms with E-state index in [0.717, 1.165) is 98.0 Å². The molecule has 2 aliphatic rings. The number of nitrogens with one attached hydrogen (secondary N) is 2. The van der Waals surface area contributed by atoms with Crippen molar-refractivity contribution in [3.05, 3.63) is 155 Å². The number of furan rings is 1. The molecule has 73 heavy (non-hydrogen) atoms. The zero-order valence-corrected chi connectivity index (χ0v) is 41.9. The Morgan fingerprint density at radius 1 is 0.644 bits per heavy atom. The van der Waals surface area contributed by atoms with Gasteiger partial charge in [0, 0.05) is 29.3 Å². The molecule has 1 aromatic heterocycles. The Balaban J connectivity index is 0.000000195. The van der Waals surface area contributed by atoms with Gasteiger partial charge in [0.05, 0.1) is 19.1 Å². The fourth-order valence-corrected chi connectivity index (χ4v) is 9.93. The third kappa shape index (κ3) is 13.4. The molecule has 13 nitrogen and oxygen atoms in total. The van der Waals surface area contributed by atoms with E-state index in [1.54, 1.807) is 6.26 Å². The molecule has 0 saturated heterocycles. The van der Waals surface area contributed by atoms with Gasteiger partial charge in [0.15, 0.2) is 24.7 Å². The van der Waals surface area contributed by atoms with Gasteiger partial charge in [-0.2, -0.15) is 0 Å². The van der Waals surface area contributed by atoms with Crippen molar-refractivity contribution in [3.8, 4) is 23.0 Å². The first-order chi connectivity index (χ1) is 35.3. The minimum Gasteiger partial charge on any atom is -0.486 e. The normalized spacial score (nSPS) is 14.7. The molecule has 1 aliphatic carbocycles. The van der Waals surface area contributed by atoms with Crippen molar-refractivity contribution >= 4 is 56.3 Å². The second kappa shape index (κ2) is 24.1. The number of hydrogen-bond acceptors (Lipinski definition) is 9. The summed E-state index contributed by atoms with van der Waals surface area (Å²) in [6, 6.07) is 33.3. The first-order valence-electron chi connectivity index (χ1n) is 25.2. The van der Waals surface area contributed by atoms with Crippen molar-refractivity contribution in [2.45, 2.75) is 103 Å². The average molecular weight is 989 g/mol. The summed E-state index contributed by atoms with van der Waals surface area (Å²) in [5.41, 5.74) is 6.38. The van der Waals surface area contributed by atoms with Gasteiger partial charge in [-0.15, -0.1) is 0 Å². The minimum absolute atomic E-state index is 0.0181. The molecule has 9 rings (SSSR count). The van der Waals surface area contributed by atoms with E-state index in [4.69, 9.17) is 23.4 Å². The number of rotatable bonds is 18. The lowest BCUT2D eigenvalue weighted by molar-refractivity contribution is -0.138. The third-order valence-electron chi connectivity index (χ3n) is 13.7. The Kier molecular flexibility index (Phi) is 17.0. The summed E-state index contributed by atoms with van der Waals surface area (Å²) in [6.45, 7) is 8.73. The third-order valence-corrected chi connectivity index (χ3v) is 13.7. The highest BCUT2D eigenvalue weighted by Crippen LogP contribution is 2.40. The number of carbonyl (C=O) groups excluding carboxylic acids is 2. The number of carboxylic acids is 2. The van der Waals surface area contributed by atoms with E-state index in [1.807, 2.05) is 143 Å². The molecule has 7 aromatic rings. The first kappa shape index (κ1) is 51.6. The van der Waals surface area contributed by atoms with E-state index in [2.05, 4.69) is 10.6 Å². The second-order valence-corrected chi connectivity index (χ2v) is 18.9. The van der Waals surface area contributed by atoms with Gasteiger partial charge in [-0.1, -0.05) is 86.9 Å². The van der Waals surface area contributed by atoms with Crippen molar-refractivity contribution in [2.75, 3.05) is 26.4 Å². The van der Waals surface area contributed by atoms with Crippen LogP contribution in [0.1, 0.15) is 110 Å². The molecule has 6 aromatic carbocycles. The Morgan fingerprint density at radius 3 is 1.77 bits per heavy atom. The van der Waals surface area contributed by atoms with Crippen LogP contribution < -0.4 is 29.6 Å². The number of carboxylic acid groups (broad SMARTS) is 2. The van der Waals surface area contributed by atoms with Crippen molar-refractivity contribution in [2.24, 2.45) is 0 Å². The molecule has 2 heterocycles. The smallest absolute Gasteiger partial charge is 0.304 e. The fraction of sp³-hybridized carbons (Fsp3) is 0.333. The summed E-state index contributed by atoms with van der Waals surface area (Å²) in [7, 11) is 0. The van der Waals surface area contributed by atoms with Crippen LogP contribution in [0.2, 0.25) is 0 Å². The molecule has 13 heteroatoms. The largest absolute Gasteiger partial charge is 0.486 e. The summed E-state index contributed by atoms with van der Waals surface area (Å²) in [5.74, 6) is -0.190. The van der Waals surface area contributed by atoms with Gasteiger partial charge in [0.2, 0.25) is 0 Å². The van der Waals surface area contributed by atoms with E-state index >= 15 is 0 Å². The zero-order chi connectivity index (χ0) is 51.4. The Hall–Kier alpha value is -7.80. The maximum Gasteiger partial charge on any atom is 0.304 e. The Bertz CT molecular complexity index is 3130. The van der Waals surface area contributed by atoms with Crippen LogP contribution in [-0.4, -0.2) is 72.5 Å². The molecule has 0 radical (unpaired) electrons. The Morgan fingerprint density at radius 2 is 1.19 bits per heavy atom. The maximum absolute atomic E-state index is 12.4. The van der Waals surface area contributed by atoms with Crippen LogP contribution in [0.4, 0.5) is 0 Å². The molecule has 1 fully saturated rings. The SMILES string of the molecule is C/C=C\C(CC)NC(=O)COc1ccc2ccc(C(CC(=O)O)c3cc4c(cc3C)OCCO4)cc2c1.Cc1cc2occc2cc1C(CC(=O)O)c1ccc2ccc(OCC(=O)NC3CCCCC3)cc2c1. The molecular weight excluding hydrogens is 925 g/mol. The summed E-state index contributed by atoms with van der Waals surface area (Å²) >= 11 is 0. The predicted octanol–water partition coefficient (Wildman–Crippen LogP) is 11.7. The number of aliphatic carboxylic acids is 2. The number of ether oxygens (including phenoxy) is 4. The topological polar surface area (TPSA) is 183 Å². The number of amides is 2. The zero-order valence-electron chi connectivity index (χ0n) is 41.9. The lowest BCUT2D eigenvalue weighted by Crippen LogP contribution is -2.38. The number of carbonyl (C=O) groups is 4. The van der Waals surface area contributed by atoms with Crippen LogP contribution in [0.15, 0.2) is 126 Å². The van der Waals surface area contributed by atoms with Gasteiger partial charge in [-0.05, 0) is 150 Å². The van der Waals surface area contributed by atoms with Gasteiger partial charge in [0.1, 0.15) is 30.3 Å². The molecule has 1 saturated carbocycles. The molecule has 3 atom stereocenters. The van der Waals surface area contributed by atoms with Gasteiger partial charge in [-0.3, -0.25) is 19.2 Å². The highest BCUT2D eigenvalue weighted by Gasteiger charge is 2.25. The van der Waals surface area contributed by atoms with Crippen molar-refractivity contribution in [1.82, 2.24) is 10.6 Å². The molecule has 0 bridgehead atoms. The lowest BCUT2D eigenvalue weighted by Gasteiger charge is -2.24. The van der Waals surface area contributed by atoms with Gasteiger partial charge in [0.25, 0.3) is 11.8 Å². The molecule has 3 unspecified atom stereocenters. The predicted molar refractivity (Wildman–Crippen MR) is 282 cm³/mol. The summed E-state index contributed by atoms with van der Waals surface area (Å²) in [6.07, 6.45) is 11.9. The molecule has 4 N–H and O–H groups in total. The highest BCUT2D eigenvalue weighted by molar-refractivity contribution is 5.87. The first-order valence-corrected chi connectivity index (χ1v) is 25.2. The minimum atomic E-state index is -0.884. The second-order valence-electron chi connectivity index (χ2n) is 18.9. The van der Waals surface area contributed by atoms with E-state index in [-0.39, 0.29) is 61.8 Å². The summed E-state index contributed by atoms with van der Waals surface area (Å²) in [4.78, 5) is 48.3. The van der Waals surface area contributed by atoms with Crippen LogP contribution >= 0.6 is 0 Å². The number of allylic oxidation sites excluding steroid dienone is 1. The fourth-order valence-electron chi connectivity index (χ4n) is 9.93. The number of aryl methyl sites for hydroxylation is 2. The molecule has 2 amide bonds. The van der Waals surface area contributed by atoms with Crippen LogP contribution in [0, 0.1) is 13.8 Å². The number of benzene rings is 6.